The normalized spacial score (nSPS) is 17.5. The summed E-state index contributed by atoms with van der Waals surface area (Å²) in [5, 5.41) is 0. The molecule has 0 amide bonds. The van der Waals surface area contributed by atoms with Crippen LogP contribution in [-0.4, -0.2) is 26.0 Å². The molecule has 1 aromatic rings. The minimum atomic E-state index is -0.546. The Morgan fingerprint density at radius 2 is 2.35 bits per heavy atom. The number of carbonyl (C=O) groups is 1. The molecule has 1 atom stereocenters. The van der Waals surface area contributed by atoms with Gasteiger partial charge in [-0.15, -0.1) is 0 Å². The fourth-order valence-electron chi connectivity index (χ4n) is 1.80. The summed E-state index contributed by atoms with van der Waals surface area (Å²) in [7, 11) is 1.47. The van der Waals surface area contributed by atoms with E-state index < -0.39 is 18.1 Å². The lowest BCUT2D eigenvalue weighted by molar-refractivity contribution is -0.0383. The van der Waals surface area contributed by atoms with Crippen LogP contribution >= 0.6 is 0 Å². The van der Waals surface area contributed by atoms with Crippen molar-refractivity contribution >= 4 is 5.97 Å². The fraction of sp³-hybridized carbons (Fsp3) is 0.417. The van der Waals surface area contributed by atoms with E-state index in [0.29, 0.717) is 17.5 Å². The van der Waals surface area contributed by atoms with Gasteiger partial charge in [-0.2, -0.15) is 0 Å². The first-order valence-electron chi connectivity index (χ1n) is 5.35. The van der Waals surface area contributed by atoms with Crippen molar-refractivity contribution in [3.63, 3.8) is 0 Å². The second-order valence-corrected chi connectivity index (χ2v) is 3.61. The third-order valence-corrected chi connectivity index (χ3v) is 2.59. The van der Waals surface area contributed by atoms with E-state index in [1.54, 1.807) is 6.92 Å². The molecule has 0 aromatic heterocycles. The molecule has 4 nitrogen and oxygen atoms in total. The molecule has 0 spiro atoms. The highest BCUT2D eigenvalue weighted by atomic mass is 19.1. The first kappa shape index (κ1) is 11.9. The lowest BCUT2D eigenvalue weighted by Crippen LogP contribution is -2.15. The maximum Gasteiger partial charge on any atom is 0.338 e. The summed E-state index contributed by atoms with van der Waals surface area (Å²) < 4.78 is 28.7. The number of carbonyl (C=O) groups excluding carboxylic acids is 1. The van der Waals surface area contributed by atoms with E-state index in [1.165, 1.54) is 19.2 Å². The van der Waals surface area contributed by atoms with Crippen LogP contribution in [0.15, 0.2) is 12.1 Å². The molecule has 0 saturated heterocycles. The van der Waals surface area contributed by atoms with Gasteiger partial charge in [-0.25, -0.2) is 9.18 Å². The number of esters is 1. The first-order chi connectivity index (χ1) is 8.17. The van der Waals surface area contributed by atoms with Gasteiger partial charge in [0.2, 0.25) is 6.29 Å². The Morgan fingerprint density at radius 3 is 3.00 bits per heavy atom. The summed E-state index contributed by atoms with van der Waals surface area (Å²) >= 11 is 0. The van der Waals surface area contributed by atoms with Crippen molar-refractivity contribution in [2.24, 2.45) is 0 Å². The van der Waals surface area contributed by atoms with Gasteiger partial charge in [-0.3, -0.25) is 0 Å². The molecule has 17 heavy (non-hydrogen) atoms. The van der Waals surface area contributed by atoms with E-state index in [-0.39, 0.29) is 12.4 Å². The maximum atomic E-state index is 13.5. The Morgan fingerprint density at radius 1 is 1.59 bits per heavy atom. The molecule has 0 fully saturated rings. The monoisotopic (exact) mass is 240 g/mol. The summed E-state index contributed by atoms with van der Waals surface area (Å²) in [4.78, 5) is 11.7. The zero-order valence-electron chi connectivity index (χ0n) is 9.66. The van der Waals surface area contributed by atoms with Gasteiger partial charge in [0.25, 0.3) is 0 Å². The molecule has 0 N–H and O–H groups in total. The molecule has 1 aliphatic rings. The second-order valence-electron chi connectivity index (χ2n) is 3.61. The molecular weight excluding hydrogens is 227 g/mol. The minimum absolute atomic E-state index is 0.0856. The van der Waals surface area contributed by atoms with Crippen LogP contribution in [0.2, 0.25) is 0 Å². The van der Waals surface area contributed by atoms with Gasteiger partial charge in [0.15, 0.2) is 11.6 Å². The SMILES string of the molecule is CCOC(=O)c1ccc(F)c2c1C[C@@H](OC)O2. The predicted molar refractivity (Wildman–Crippen MR) is 57.5 cm³/mol. The molecule has 0 radical (unpaired) electrons. The first-order valence-corrected chi connectivity index (χ1v) is 5.35. The van der Waals surface area contributed by atoms with E-state index in [1.807, 2.05) is 0 Å². The van der Waals surface area contributed by atoms with E-state index >= 15 is 0 Å². The van der Waals surface area contributed by atoms with Crippen molar-refractivity contribution in [1.29, 1.82) is 0 Å². The van der Waals surface area contributed by atoms with Gasteiger partial charge >= 0.3 is 5.97 Å². The predicted octanol–water partition coefficient (Wildman–Crippen LogP) is 1.91. The zero-order valence-corrected chi connectivity index (χ0v) is 9.66. The van der Waals surface area contributed by atoms with Crippen molar-refractivity contribution < 1.29 is 23.4 Å². The van der Waals surface area contributed by atoms with Crippen molar-refractivity contribution in [3.05, 3.63) is 29.1 Å². The third kappa shape index (κ3) is 2.10. The molecule has 5 heteroatoms. The molecule has 1 heterocycles. The van der Waals surface area contributed by atoms with Crippen LogP contribution in [0, 0.1) is 5.82 Å². The van der Waals surface area contributed by atoms with Gasteiger partial charge < -0.3 is 14.2 Å². The van der Waals surface area contributed by atoms with Crippen LogP contribution in [0.3, 0.4) is 0 Å². The highest BCUT2D eigenvalue weighted by molar-refractivity contribution is 5.92. The molecule has 1 aromatic carbocycles. The van der Waals surface area contributed by atoms with Gasteiger partial charge in [0.05, 0.1) is 12.2 Å². The number of benzene rings is 1. The molecule has 0 aliphatic carbocycles. The topological polar surface area (TPSA) is 44.8 Å². The maximum absolute atomic E-state index is 13.5. The van der Waals surface area contributed by atoms with Gasteiger partial charge in [-0.05, 0) is 19.1 Å². The summed E-state index contributed by atoms with van der Waals surface area (Å²) in [6.45, 7) is 2.00. The van der Waals surface area contributed by atoms with Gasteiger partial charge in [-0.1, -0.05) is 0 Å². The van der Waals surface area contributed by atoms with Crippen LogP contribution < -0.4 is 4.74 Å². The number of hydrogen-bond acceptors (Lipinski definition) is 4. The van der Waals surface area contributed by atoms with E-state index in [4.69, 9.17) is 14.2 Å². The Hall–Kier alpha value is -1.62. The second kappa shape index (κ2) is 4.71. The Balaban J connectivity index is 2.38. The Labute approximate surface area is 98.3 Å². The molecule has 1 aliphatic heterocycles. The molecule has 0 unspecified atom stereocenters. The van der Waals surface area contributed by atoms with Crippen LogP contribution in [0.4, 0.5) is 4.39 Å². The number of rotatable bonds is 3. The van der Waals surface area contributed by atoms with Gasteiger partial charge in [0.1, 0.15) is 0 Å². The highest BCUT2D eigenvalue weighted by Crippen LogP contribution is 2.34. The van der Waals surface area contributed by atoms with Crippen LogP contribution in [0.1, 0.15) is 22.8 Å². The smallest absolute Gasteiger partial charge is 0.338 e. The minimum Gasteiger partial charge on any atom is -0.462 e. The standard InChI is InChI=1S/C12H13FO4/c1-3-16-12(14)7-4-5-9(13)11-8(7)6-10(15-2)17-11/h4-5,10H,3,6H2,1-2H3/t10-/m0/s1. The Kier molecular flexibility index (Phi) is 3.28. The van der Waals surface area contributed by atoms with Crippen LogP contribution in [0.25, 0.3) is 0 Å². The molecule has 92 valence electrons. The number of hydrogen-bond donors (Lipinski definition) is 0. The Bertz CT molecular complexity index is 444. The number of fused-ring (bicyclic) bond motifs is 1. The average molecular weight is 240 g/mol. The van der Waals surface area contributed by atoms with E-state index in [2.05, 4.69) is 0 Å². The van der Waals surface area contributed by atoms with E-state index in [9.17, 15) is 9.18 Å². The van der Waals surface area contributed by atoms with Crippen molar-refractivity contribution in [2.75, 3.05) is 13.7 Å². The molecule has 2 rings (SSSR count). The zero-order chi connectivity index (χ0) is 12.4. The van der Waals surface area contributed by atoms with Gasteiger partial charge in [0, 0.05) is 19.1 Å². The quantitative estimate of drug-likeness (QED) is 0.757. The van der Waals surface area contributed by atoms with Crippen LogP contribution in [0.5, 0.6) is 5.75 Å². The van der Waals surface area contributed by atoms with Crippen molar-refractivity contribution in [3.8, 4) is 5.75 Å². The summed E-state index contributed by atoms with van der Waals surface area (Å²) in [6, 6.07) is 2.61. The highest BCUT2D eigenvalue weighted by Gasteiger charge is 2.30. The largest absolute Gasteiger partial charge is 0.462 e. The number of ether oxygens (including phenoxy) is 3. The number of methoxy groups -OCH3 is 1. The van der Waals surface area contributed by atoms with E-state index in [0.717, 1.165) is 0 Å². The molecule has 0 bridgehead atoms. The summed E-state index contributed by atoms with van der Waals surface area (Å²) in [6.07, 6.45) is -0.201. The third-order valence-electron chi connectivity index (χ3n) is 2.59. The van der Waals surface area contributed by atoms with Crippen molar-refractivity contribution in [2.45, 2.75) is 19.6 Å². The molecule has 0 saturated carbocycles. The number of halogens is 1. The average Bonchev–Trinajstić information content (AvgIpc) is 2.74. The molecular formula is C12H13FO4. The lowest BCUT2D eigenvalue weighted by atomic mass is 10.0. The lowest BCUT2D eigenvalue weighted by Gasteiger charge is -2.07. The fourth-order valence-corrected chi connectivity index (χ4v) is 1.80. The van der Waals surface area contributed by atoms with Crippen molar-refractivity contribution in [1.82, 2.24) is 0 Å². The summed E-state index contributed by atoms with van der Waals surface area (Å²) in [5.41, 5.74) is 0.845. The summed E-state index contributed by atoms with van der Waals surface area (Å²) in [5.74, 6) is -0.876. The van der Waals surface area contributed by atoms with Crippen LogP contribution in [-0.2, 0) is 15.9 Å².